The molecule has 92 valence electrons. The minimum atomic E-state index is 0.244. The van der Waals surface area contributed by atoms with Crippen molar-refractivity contribution in [3.63, 3.8) is 0 Å². The normalized spacial score (nSPS) is 10.2. The molecule has 1 rings (SSSR count). The van der Waals surface area contributed by atoms with Gasteiger partial charge in [-0.25, -0.2) is 0 Å². The molecule has 0 saturated carbocycles. The highest BCUT2D eigenvalue weighted by molar-refractivity contribution is 9.10. The Morgan fingerprint density at radius 3 is 2.71 bits per heavy atom. The fourth-order valence-electron chi connectivity index (χ4n) is 1.79. The summed E-state index contributed by atoms with van der Waals surface area (Å²) in [6.45, 7) is 5.69. The minimum Gasteiger partial charge on any atom is -0.294 e. The van der Waals surface area contributed by atoms with E-state index >= 15 is 0 Å². The van der Waals surface area contributed by atoms with Gasteiger partial charge in [0.1, 0.15) is 0 Å². The zero-order chi connectivity index (χ0) is 12.7. The summed E-state index contributed by atoms with van der Waals surface area (Å²) in [7, 11) is 0. The van der Waals surface area contributed by atoms with Crippen molar-refractivity contribution in [2.75, 3.05) is 0 Å². The third-order valence-electron chi connectivity index (χ3n) is 2.68. The molecule has 0 atom stereocenters. The number of Topliss-reactive ketones (excluding diaryl/α,β-unsaturated/α-hetero) is 1. The number of rotatable bonds is 7. The molecule has 0 unspecified atom stereocenters. The van der Waals surface area contributed by atoms with Crippen molar-refractivity contribution in [1.29, 1.82) is 0 Å². The summed E-state index contributed by atoms with van der Waals surface area (Å²) in [5.74, 6) is 0.244. The van der Waals surface area contributed by atoms with Crippen molar-refractivity contribution >= 4 is 21.7 Å². The monoisotopic (exact) mass is 294 g/mol. The Labute approximate surface area is 112 Å². The van der Waals surface area contributed by atoms with E-state index in [9.17, 15) is 4.79 Å². The summed E-state index contributed by atoms with van der Waals surface area (Å²) in [6, 6.07) is 5.87. The number of carbonyl (C=O) groups is 1. The van der Waals surface area contributed by atoms with Gasteiger partial charge in [-0.2, -0.15) is 0 Å². The van der Waals surface area contributed by atoms with E-state index in [-0.39, 0.29) is 5.78 Å². The van der Waals surface area contributed by atoms with Crippen LogP contribution in [0.5, 0.6) is 0 Å². The van der Waals surface area contributed by atoms with Gasteiger partial charge < -0.3 is 0 Å². The highest BCUT2D eigenvalue weighted by Crippen LogP contribution is 2.17. The molecule has 0 spiro atoms. The highest BCUT2D eigenvalue weighted by atomic mass is 79.9. The molecule has 0 amide bonds. The second-order valence-corrected chi connectivity index (χ2v) is 5.24. The third kappa shape index (κ3) is 5.31. The molecule has 0 bridgehead atoms. The van der Waals surface area contributed by atoms with Crippen molar-refractivity contribution < 1.29 is 4.79 Å². The summed E-state index contributed by atoms with van der Waals surface area (Å²) < 4.78 is 0.979. The Morgan fingerprint density at radius 1 is 1.29 bits per heavy atom. The Bertz CT molecular complexity index is 376. The Balaban J connectivity index is 2.44. The van der Waals surface area contributed by atoms with Crippen LogP contribution in [0.2, 0.25) is 0 Å². The molecule has 2 heteroatoms. The average molecular weight is 295 g/mol. The van der Waals surface area contributed by atoms with Crippen LogP contribution in [0.1, 0.15) is 48.0 Å². The largest absolute Gasteiger partial charge is 0.294 e. The molecule has 1 nitrogen and oxygen atoms in total. The number of unbranched alkanes of at least 4 members (excludes halogenated alkanes) is 3. The lowest BCUT2D eigenvalue weighted by molar-refractivity contribution is 0.0979. The smallest absolute Gasteiger partial charge is 0.162 e. The Kier molecular flexibility index (Phi) is 6.20. The Morgan fingerprint density at radius 2 is 2.06 bits per heavy atom. The van der Waals surface area contributed by atoms with Gasteiger partial charge in [0, 0.05) is 16.5 Å². The van der Waals surface area contributed by atoms with Crippen molar-refractivity contribution in [2.45, 2.75) is 39.0 Å². The summed E-state index contributed by atoms with van der Waals surface area (Å²) in [6.07, 6.45) is 6.83. The van der Waals surface area contributed by atoms with Crippen LogP contribution in [-0.2, 0) is 0 Å². The van der Waals surface area contributed by atoms with E-state index in [1.54, 1.807) is 0 Å². The third-order valence-corrected chi connectivity index (χ3v) is 3.13. The van der Waals surface area contributed by atoms with E-state index in [2.05, 4.69) is 22.5 Å². The van der Waals surface area contributed by atoms with E-state index < -0.39 is 0 Å². The molecule has 0 aliphatic heterocycles. The number of benzene rings is 1. The van der Waals surface area contributed by atoms with Gasteiger partial charge in [0.25, 0.3) is 0 Å². The number of carbonyl (C=O) groups excluding carboxylic acids is 1. The van der Waals surface area contributed by atoms with E-state index in [0.29, 0.717) is 6.42 Å². The summed E-state index contributed by atoms with van der Waals surface area (Å²) >= 11 is 3.42. The van der Waals surface area contributed by atoms with Gasteiger partial charge >= 0.3 is 0 Å². The second kappa shape index (κ2) is 7.44. The van der Waals surface area contributed by atoms with E-state index in [1.807, 2.05) is 31.2 Å². The lowest BCUT2D eigenvalue weighted by atomic mass is 10.0. The van der Waals surface area contributed by atoms with Crippen LogP contribution < -0.4 is 0 Å². The van der Waals surface area contributed by atoms with Gasteiger partial charge in [0.05, 0.1) is 0 Å². The standard InChI is InChI=1S/C15H19BrO/c1-3-4-5-6-7-8-15(17)13-9-12(2)10-14(16)11-13/h3,9-11H,1,4-8H2,2H3. The van der Waals surface area contributed by atoms with Gasteiger partial charge in [-0.3, -0.25) is 4.79 Å². The average Bonchev–Trinajstić information content (AvgIpc) is 2.27. The molecular weight excluding hydrogens is 276 g/mol. The minimum absolute atomic E-state index is 0.244. The van der Waals surface area contributed by atoms with E-state index in [1.165, 1.54) is 0 Å². The molecule has 17 heavy (non-hydrogen) atoms. The second-order valence-electron chi connectivity index (χ2n) is 4.33. The molecule has 0 heterocycles. The maximum Gasteiger partial charge on any atom is 0.162 e. The van der Waals surface area contributed by atoms with Crippen LogP contribution in [0.25, 0.3) is 0 Å². The molecule has 0 fully saturated rings. The number of ketones is 1. The van der Waals surface area contributed by atoms with Crippen LogP contribution in [0.4, 0.5) is 0 Å². The van der Waals surface area contributed by atoms with Crippen molar-refractivity contribution in [3.8, 4) is 0 Å². The molecule has 0 N–H and O–H groups in total. The molecule has 0 saturated heterocycles. The van der Waals surface area contributed by atoms with Crippen LogP contribution in [-0.4, -0.2) is 5.78 Å². The number of hydrogen-bond acceptors (Lipinski definition) is 1. The molecule has 1 aromatic carbocycles. The molecule has 0 aliphatic rings. The maximum atomic E-state index is 11.9. The number of halogens is 1. The topological polar surface area (TPSA) is 17.1 Å². The number of aryl methyl sites for hydroxylation is 1. The van der Waals surface area contributed by atoms with Crippen LogP contribution in [0, 0.1) is 6.92 Å². The fraction of sp³-hybridized carbons (Fsp3) is 0.400. The fourth-order valence-corrected chi connectivity index (χ4v) is 2.40. The summed E-state index contributed by atoms with van der Waals surface area (Å²) in [4.78, 5) is 11.9. The predicted molar refractivity (Wildman–Crippen MR) is 76.5 cm³/mol. The van der Waals surface area contributed by atoms with Gasteiger partial charge in [-0.15, -0.1) is 6.58 Å². The summed E-state index contributed by atoms with van der Waals surface area (Å²) in [5.41, 5.74) is 1.94. The van der Waals surface area contributed by atoms with Gasteiger partial charge in [0.2, 0.25) is 0 Å². The Hall–Kier alpha value is -0.890. The molecule has 1 aromatic rings. The maximum absolute atomic E-state index is 11.9. The van der Waals surface area contributed by atoms with Gasteiger partial charge in [-0.1, -0.05) is 28.4 Å². The number of allylic oxidation sites excluding steroid dienone is 1. The first-order valence-electron chi connectivity index (χ1n) is 6.05. The van der Waals surface area contributed by atoms with E-state index in [0.717, 1.165) is 41.3 Å². The first kappa shape index (κ1) is 14.2. The van der Waals surface area contributed by atoms with Gasteiger partial charge in [-0.05, 0) is 49.9 Å². The zero-order valence-electron chi connectivity index (χ0n) is 10.3. The SMILES string of the molecule is C=CCCCCCC(=O)c1cc(C)cc(Br)c1. The zero-order valence-corrected chi connectivity index (χ0v) is 11.9. The van der Waals surface area contributed by atoms with Crippen molar-refractivity contribution in [3.05, 3.63) is 46.5 Å². The lowest BCUT2D eigenvalue weighted by Crippen LogP contribution is -1.99. The summed E-state index contributed by atoms with van der Waals surface area (Å²) in [5, 5.41) is 0. The predicted octanol–water partition coefficient (Wildman–Crippen LogP) is 5.08. The lowest BCUT2D eigenvalue weighted by Gasteiger charge is -2.03. The van der Waals surface area contributed by atoms with Crippen LogP contribution >= 0.6 is 15.9 Å². The molecular formula is C15H19BrO. The highest BCUT2D eigenvalue weighted by Gasteiger charge is 2.06. The van der Waals surface area contributed by atoms with Crippen molar-refractivity contribution in [2.24, 2.45) is 0 Å². The number of hydrogen-bond donors (Lipinski definition) is 0. The molecule has 0 aliphatic carbocycles. The van der Waals surface area contributed by atoms with Crippen LogP contribution in [0.3, 0.4) is 0 Å². The van der Waals surface area contributed by atoms with Crippen molar-refractivity contribution in [1.82, 2.24) is 0 Å². The first-order valence-corrected chi connectivity index (χ1v) is 6.84. The first-order chi connectivity index (χ1) is 8.13. The molecule has 0 aromatic heterocycles. The molecule has 0 radical (unpaired) electrons. The van der Waals surface area contributed by atoms with Gasteiger partial charge in [0.15, 0.2) is 5.78 Å². The van der Waals surface area contributed by atoms with E-state index in [4.69, 9.17) is 0 Å². The quantitative estimate of drug-likeness (QED) is 0.389. The van der Waals surface area contributed by atoms with Crippen LogP contribution in [0.15, 0.2) is 35.3 Å².